The van der Waals surface area contributed by atoms with Crippen molar-refractivity contribution in [3.63, 3.8) is 0 Å². The molecule has 0 aliphatic rings. The van der Waals surface area contributed by atoms with Gasteiger partial charge >= 0.3 is 0 Å². The monoisotopic (exact) mass is 262 g/mol. The van der Waals surface area contributed by atoms with Crippen LogP contribution in [0, 0.1) is 12.7 Å². The van der Waals surface area contributed by atoms with Gasteiger partial charge in [-0.15, -0.1) is 0 Å². The van der Waals surface area contributed by atoms with Crippen molar-refractivity contribution < 1.29 is 8.81 Å². The van der Waals surface area contributed by atoms with Crippen LogP contribution in [0.1, 0.15) is 24.8 Å². The third kappa shape index (κ3) is 3.64. The minimum absolute atomic E-state index is 0.271. The Kier molecular flexibility index (Phi) is 4.68. The van der Waals surface area contributed by atoms with Crippen LogP contribution in [0.3, 0.4) is 0 Å². The van der Waals surface area contributed by atoms with Gasteiger partial charge in [0.05, 0.1) is 11.8 Å². The number of nitrogens with zero attached hydrogens (tertiary/aromatic N) is 1. The first-order valence-corrected chi connectivity index (χ1v) is 6.62. The van der Waals surface area contributed by atoms with Crippen molar-refractivity contribution in [2.75, 3.05) is 13.1 Å². The van der Waals surface area contributed by atoms with Gasteiger partial charge in [-0.2, -0.15) is 0 Å². The topological polar surface area (TPSA) is 38.1 Å². The molecule has 1 aromatic carbocycles. The Morgan fingerprint density at radius 2 is 2.16 bits per heavy atom. The van der Waals surface area contributed by atoms with Gasteiger partial charge in [0.1, 0.15) is 5.82 Å². The predicted octanol–water partition coefficient (Wildman–Crippen LogP) is 3.33. The number of hydrogen-bond donors (Lipinski definition) is 1. The second kappa shape index (κ2) is 6.48. The molecule has 0 atom stereocenters. The molecule has 3 nitrogen and oxygen atoms in total. The summed E-state index contributed by atoms with van der Waals surface area (Å²) in [5, 5.41) is 3.28. The van der Waals surface area contributed by atoms with Crippen molar-refractivity contribution in [1.82, 2.24) is 10.3 Å². The zero-order valence-corrected chi connectivity index (χ0v) is 11.4. The maximum Gasteiger partial charge on any atom is 0.196 e. The Balaban J connectivity index is 2.04. The summed E-state index contributed by atoms with van der Waals surface area (Å²) >= 11 is 0. The number of oxazole rings is 1. The summed E-state index contributed by atoms with van der Waals surface area (Å²) in [4.78, 5) is 4.18. The molecule has 1 heterocycles. The van der Waals surface area contributed by atoms with Crippen molar-refractivity contribution in [3.8, 4) is 11.3 Å². The average molecular weight is 262 g/mol. The number of hydrogen-bond acceptors (Lipinski definition) is 3. The fourth-order valence-electron chi connectivity index (χ4n) is 1.87. The molecule has 0 radical (unpaired) electrons. The summed E-state index contributed by atoms with van der Waals surface area (Å²) < 4.78 is 19.4. The van der Waals surface area contributed by atoms with E-state index in [0.717, 1.165) is 25.1 Å². The summed E-state index contributed by atoms with van der Waals surface area (Å²) in [6.07, 6.45) is 3.40. The molecule has 0 unspecified atom stereocenters. The highest BCUT2D eigenvalue weighted by atomic mass is 19.1. The molecule has 1 N–H and O–H groups in total. The highest BCUT2D eigenvalue weighted by molar-refractivity contribution is 5.57. The molecular formula is C15H19FN2O. The van der Waals surface area contributed by atoms with E-state index >= 15 is 0 Å². The lowest BCUT2D eigenvalue weighted by molar-refractivity contribution is 0.491. The molecule has 2 aromatic rings. The molecular weight excluding hydrogens is 243 g/mol. The van der Waals surface area contributed by atoms with Crippen LogP contribution in [0.2, 0.25) is 0 Å². The number of rotatable bonds is 6. The molecule has 0 fully saturated rings. The molecule has 2 rings (SSSR count). The summed E-state index contributed by atoms with van der Waals surface area (Å²) in [5.74, 6) is 0.855. The first-order chi connectivity index (χ1) is 9.20. The molecule has 1 aromatic heterocycles. The number of nitrogens with one attached hydrogen (secondary N) is 1. The Labute approximate surface area is 112 Å². The van der Waals surface area contributed by atoms with Crippen LogP contribution in [0.4, 0.5) is 4.39 Å². The Morgan fingerprint density at radius 3 is 2.89 bits per heavy atom. The molecule has 0 bridgehead atoms. The fourth-order valence-corrected chi connectivity index (χ4v) is 1.87. The van der Waals surface area contributed by atoms with E-state index in [1.807, 2.05) is 13.0 Å². The van der Waals surface area contributed by atoms with Gasteiger partial charge < -0.3 is 9.73 Å². The third-order valence-corrected chi connectivity index (χ3v) is 2.89. The number of halogens is 1. The van der Waals surface area contributed by atoms with E-state index in [9.17, 15) is 4.39 Å². The Hall–Kier alpha value is -1.68. The highest BCUT2D eigenvalue weighted by Crippen LogP contribution is 2.24. The van der Waals surface area contributed by atoms with E-state index in [0.29, 0.717) is 23.6 Å². The van der Waals surface area contributed by atoms with E-state index < -0.39 is 0 Å². The molecule has 0 aliphatic carbocycles. The van der Waals surface area contributed by atoms with Gasteiger partial charge in [0, 0.05) is 13.0 Å². The second-order valence-electron chi connectivity index (χ2n) is 4.60. The van der Waals surface area contributed by atoms with Gasteiger partial charge in [0.2, 0.25) is 0 Å². The third-order valence-electron chi connectivity index (χ3n) is 2.89. The fraction of sp³-hybridized carbons (Fsp3) is 0.400. The minimum Gasteiger partial charge on any atom is -0.441 e. The van der Waals surface area contributed by atoms with Crippen molar-refractivity contribution in [3.05, 3.63) is 41.7 Å². The van der Waals surface area contributed by atoms with Crippen LogP contribution in [0.25, 0.3) is 11.3 Å². The maximum absolute atomic E-state index is 13.8. The quantitative estimate of drug-likeness (QED) is 0.811. The Bertz CT molecular complexity index is 537. The average Bonchev–Trinajstić information content (AvgIpc) is 2.83. The van der Waals surface area contributed by atoms with E-state index in [4.69, 9.17) is 4.42 Å². The van der Waals surface area contributed by atoms with Crippen LogP contribution < -0.4 is 5.32 Å². The van der Waals surface area contributed by atoms with E-state index in [2.05, 4.69) is 17.2 Å². The van der Waals surface area contributed by atoms with Gasteiger partial charge in [-0.05, 0) is 37.6 Å². The molecule has 19 heavy (non-hydrogen) atoms. The summed E-state index contributed by atoms with van der Waals surface area (Å²) in [5.41, 5.74) is 1.36. The summed E-state index contributed by atoms with van der Waals surface area (Å²) in [7, 11) is 0. The van der Waals surface area contributed by atoms with Crippen LogP contribution in [-0.2, 0) is 6.42 Å². The molecule has 0 saturated heterocycles. The molecule has 0 saturated carbocycles. The second-order valence-corrected chi connectivity index (χ2v) is 4.60. The predicted molar refractivity (Wildman–Crippen MR) is 73.5 cm³/mol. The SMILES string of the molecule is CCCNCCc1ncc(-c2ccc(C)cc2F)o1. The Morgan fingerprint density at radius 1 is 1.32 bits per heavy atom. The zero-order valence-electron chi connectivity index (χ0n) is 11.4. The smallest absolute Gasteiger partial charge is 0.196 e. The summed E-state index contributed by atoms with van der Waals surface area (Å²) in [6.45, 7) is 5.79. The number of benzene rings is 1. The minimum atomic E-state index is -0.271. The lowest BCUT2D eigenvalue weighted by Crippen LogP contribution is -2.17. The molecule has 4 heteroatoms. The van der Waals surface area contributed by atoms with E-state index in [-0.39, 0.29) is 5.82 Å². The van der Waals surface area contributed by atoms with Crippen LogP contribution in [0.15, 0.2) is 28.8 Å². The van der Waals surface area contributed by atoms with E-state index in [1.165, 1.54) is 6.07 Å². The van der Waals surface area contributed by atoms with Gasteiger partial charge in [0.15, 0.2) is 11.7 Å². The molecule has 0 amide bonds. The van der Waals surface area contributed by atoms with Crippen LogP contribution in [-0.4, -0.2) is 18.1 Å². The van der Waals surface area contributed by atoms with E-state index in [1.54, 1.807) is 12.3 Å². The highest BCUT2D eigenvalue weighted by Gasteiger charge is 2.10. The van der Waals surface area contributed by atoms with Gasteiger partial charge in [0.25, 0.3) is 0 Å². The van der Waals surface area contributed by atoms with Crippen molar-refractivity contribution in [2.24, 2.45) is 0 Å². The standard InChI is InChI=1S/C15H19FN2O/c1-3-7-17-8-6-15-18-10-14(19-15)12-5-4-11(2)9-13(12)16/h4-5,9-10,17H,3,6-8H2,1-2H3. The molecule has 0 spiro atoms. The van der Waals surface area contributed by atoms with Crippen LogP contribution in [0.5, 0.6) is 0 Å². The molecule has 102 valence electrons. The van der Waals surface area contributed by atoms with Crippen molar-refractivity contribution >= 4 is 0 Å². The zero-order chi connectivity index (χ0) is 13.7. The van der Waals surface area contributed by atoms with Crippen molar-refractivity contribution in [1.29, 1.82) is 0 Å². The van der Waals surface area contributed by atoms with Gasteiger partial charge in [-0.1, -0.05) is 13.0 Å². The van der Waals surface area contributed by atoms with Crippen LogP contribution >= 0.6 is 0 Å². The lowest BCUT2D eigenvalue weighted by Gasteiger charge is -2.01. The first-order valence-electron chi connectivity index (χ1n) is 6.62. The normalized spacial score (nSPS) is 10.9. The lowest BCUT2D eigenvalue weighted by atomic mass is 10.1. The summed E-state index contributed by atoms with van der Waals surface area (Å²) in [6, 6.07) is 5.09. The first kappa shape index (κ1) is 13.7. The number of aryl methyl sites for hydroxylation is 1. The molecule has 0 aliphatic heterocycles. The number of aromatic nitrogens is 1. The largest absolute Gasteiger partial charge is 0.441 e. The maximum atomic E-state index is 13.8. The van der Waals surface area contributed by atoms with Gasteiger partial charge in [-0.25, -0.2) is 9.37 Å². The van der Waals surface area contributed by atoms with Crippen molar-refractivity contribution in [2.45, 2.75) is 26.7 Å². The van der Waals surface area contributed by atoms with Gasteiger partial charge in [-0.3, -0.25) is 0 Å².